The predicted molar refractivity (Wildman–Crippen MR) is 129 cm³/mol. The highest BCUT2D eigenvalue weighted by atomic mass is 127. The van der Waals surface area contributed by atoms with Crippen LogP contribution in [0, 0.1) is 0 Å². The maximum absolute atomic E-state index is 12.3. The topological polar surface area (TPSA) is 100 Å². The first kappa shape index (κ1) is 28.2. The Labute approximate surface area is 193 Å². The lowest BCUT2D eigenvalue weighted by Crippen LogP contribution is -2.60. The molecule has 0 bridgehead atoms. The number of carbonyl (C=O) groups excluding carboxylic acids is 1. The van der Waals surface area contributed by atoms with Gasteiger partial charge < -0.3 is 20.3 Å². The lowest BCUT2D eigenvalue weighted by molar-refractivity contribution is 0.0448. The molecule has 0 saturated carbocycles. The van der Waals surface area contributed by atoms with Crippen LogP contribution in [0.1, 0.15) is 61.3 Å². The van der Waals surface area contributed by atoms with Gasteiger partial charge in [0.15, 0.2) is 15.8 Å². The van der Waals surface area contributed by atoms with Gasteiger partial charge in [0.1, 0.15) is 5.60 Å². The van der Waals surface area contributed by atoms with Gasteiger partial charge in [-0.1, -0.05) is 13.8 Å². The molecule has 0 aromatic carbocycles. The molecule has 1 rings (SSSR count). The highest BCUT2D eigenvalue weighted by Gasteiger charge is 2.41. The fourth-order valence-electron chi connectivity index (χ4n) is 3.15. The van der Waals surface area contributed by atoms with E-state index in [0.29, 0.717) is 38.4 Å². The van der Waals surface area contributed by atoms with Crippen molar-refractivity contribution in [1.82, 2.24) is 15.5 Å². The molecule has 1 amide bonds. The molecule has 0 spiro atoms. The number of alkyl carbamates (subject to hydrolysis) is 1. The number of amides is 1. The first-order valence-corrected chi connectivity index (χ1v) is 11.5. The molecule has 2 N–H and O–H groups in total. The van der Waals surface area contributed by atoms with Crippen molar-refractivity contribution in [2.24, 2.45) is 4.99 Å². The minimum absolute atomic E-state index is 0. The maximum Gasteiger partial charge on any atom is 0.408 e. The standard InChI is InChI=1S/C19H38N4O4S.HI/c1-9-19(10-2,22-16(24)27-17(3,4)5)13-21-15(20-8)23-11-12-28(25,26)18(6,7)14-23;/h9-14H2,1-8H3,(H,20,21)(H,22,24);1H. The Morgan fingerprint density at radius 2 is 1.76 bits per heavy atom. The zero-order valence-electron chi connectivity index (χ0n) is 19.1. The summed E-state index contributed by atoms with van der Waals surface area (Å²) in [6.07, 6.45) is 0.984. The largest absolute Gasteiger partial charge is 0.444 e. The third-order valence-corrected chi connectivity index (χ3v) is 7.79. The fourth-order valence-corrected chi connectivity index (χ4v) is 4.51. The van der Waals surface area contributed by atoms with E-state index < -0.39 is 31.8 Å². The number of rotatable bonds is 5. The van der Waals surface area contributed by atoms with Crippen LogP contribution in [0.15, 0.2) is 4.99 Å². The van der Waals surface area contributed by atoms with Gasteiger partial charge in [0.2, 0.25) is 0 Å². The highest BCUT2D eigenvalue weighted by molar-refractivity contribution is 14.0. The molecule has 0 aromatic heterocycles. The van der Waals surface area contributed by atoms with Gasteiger partial charge >= 0.3 is 6.09 Å². The van der Waals surface area contributed by atoms with Crippen LogP contribution in [0.3, 0.4) is 0 Å². The number of aliphatic imine (C=N–C) groups is 1. The molecule has 1 saturated heterocycles. The van der Waals surface area contributed by atoms with E-state index in [1.54, 1.807) is 20.9 Å². The molecule has 0 aliphatic carbocycles. The van der Waals surface area contributed by atoms with E-state index in [9.17, 15) is 13.2 Å². The molecule has 0 atom stereocenters. The second-order valence-corrected chi connectivity index (χ2v) is 11.8. The molecule has 1 aliphatic rings. The number of hydrogen-bond acceptors (Lipinski definition) is 5. The zero-order valence-corrected chi connectivity index (χ0v) is 22.2. The summed E-state index contributed by atoms with van der Waals surface area (Å²) in [6, 6.07) is 0. The van der Waals surface area contributed by atoms with Gasteiger partial charge in [-0.2, -0.15) is 0 Å². The Morgan fingerprint density at radius 1 is 1.21 bits per heavy atom. The van der Waals surface area contributed by atoms with Crippen LogP contribution < -0.4 is 10.6 Å². The Morgan fingerprint density at radius 3 is 2.17 bits per heavy atom. The average molecular weight is 547 g/mol. The van der Waals surface area contributed by atoms with Gasteiger partial charge in [-0.05, 0) is 47.5 Å². The molecule has 0 radical (unpaired) electrons. The van der Waals surface area contributed by atoms with Crippen molar-refractivity contribution >= 4 is 45.9 Å². The third kappa shape index (κ3) is 7.76. The van der Waals surface area contributed by atoms with E-state index in [0.717, 1.165) is 0 Å². The van der Waals surface area contributed by atoms with Crippen molar-refractivity contribution in [3.8, 4) is 0 Å². The Bertz CT molecular complexity index is 683. The molecular formula is C19H39IN4O4S. The first-order chi connectivity index (χ1) is 12.7. The van der Waals surface area contributed by atoms with Gasteiger partial charge in [-0.15, -0.1) is 24.0 Å². The van der Waals surface area contributed by atoms with Crippen molar-refractivity contribution in [2.75, 3.05) is 32.4 Å². The van der Waals surface area contributed by atoms with E-state index in [-0.39, 0.29) is 29.7 Å². The molecule has 1 heterocycles. The van der Waals surface area contributed by atoms with Crippen LogP contribution >= 0.6 is 24.0 Å². The molecule has 8 nitrogen and oxygen atoms in total. The summed E-state index contributed by atoms with van der Waals surface area (Å²) in [5.41, 5.74) is -1.05. The Balaban J connectivity index is 0.00000784. The van der Waals surface area contributed by atoms with Crippen LogP contribution in [0.4, 0.5) is 4.79 Å². The number of carbonyl (C=O) groups is 1. The summed E-state index contributed by atoms with van der Waals surface area (Å²) in [5.74, 6) is 0.740. The molecule has 1 fully saturated rings. The van der Waals surface area contributed by atoms with E-state index in [2.05, 4.69) is 15.6 Å². The molecule has 172 valence electrons. The van der Waals surface area contributed by atoms with E-state index in [4.69, 9.17) is 4.74 Å². The van der Waals surface area contributed by atoms with E-state index in [1.807, 2.05) is 39.5 Å². The lowest BCUT2D eigenvalue weighted by Gasteiger charge is -2.40. The van der Waals surface area contributed by atoms with Crippen LogP contribution in [-0.2, 0) is 14.6 Å². The monoisotopic (exact) mass is 546 g/mol. The number of nitrogens with one attached hydrogen (secondary N) is 2. The minimum Gasteiger partial charge on any atom is -0.444 e. The number of hydrogen-bond donors (Lipinski definition) is 2. The summed E-state index contributed by atoms with van der Waals surface area (Å²) >= 11 is 0. The van der Waals surface area contributed by atoms with E-state index in [1.165, 1.54) is 0 Å². The molecule has 29 heavy (non-hydrogen) atoms. The molecule has 0 unspecified atom stereocenters. The summed E-state index contributed by atoms with van der Waals surface area (Å²) in [6.45, 7) is 14.3. The quantitative estimate of drug-likeness (QED) is 0.313. The Hall–Kier alpha value is -0.780. The smallest absolute Gasteiger partial charge is 0.408 e. The summed E-state index contributed by atoms with van der Waals surface area (Å²) < 4.78 is 29.1. The molecule has 0 aromatic rings. The van der Waals surface area contributed by atoms with Crippen LogP contribution in [-0.4, -0.2) is 73.7 Å². The second-order valence-electron chi connectivity index (χ2n) is 9.02. The molecule has 10 heteroatoms. The van der Waals surface area contributed by atoms with Crippen molar-refractivity contribution in [2.45, 2.75) is 77.2 Å². The average Bonchev–Trinajstić information content (AvgIpc) is 2.55. The summed E-state index contributed by atoms with van der Waals surface area (Å²) in [5, 5.41) is 6.33. The summed E-state index contributed by atoms with van der Waals surface area (Å²) in [7, 11) is -1.44. The number of ether oxygens (including phenoxy) is 1. The van der Waals surface area contributed by atoms with Crippen molar-refractivity contribution in [1.29, 1.82) is 0 Å². The fraction of sp³-hybridized carbons (Fsp3) is 0.895. The van der Waals surface area contributed by atoms with Gasteiger partial charge in [0.05, 0.1) is 16.0 Å². The first-order valence-electron chi connectivity index (χ1n) is 9.90. The van der Waals surface area contributed by atoms with E-state index >= 15 is 0 Å². The normalized spacial score (nSPS) is 19.2. The van der Waals surface area contributed by atoms with Gasteiger partial charge in [0.25, 0.3) is 0 Å². The van der Waals surface area contributed by atoms with Gasteiger partial charge in [-0.3, -0.25) is 4.99 Å². The van der Waals surface area contributed by atoms with Crippen molar-refractivity contribution < 1.29 is 17.9 Å². The third-order valence-electron chi connectivity index (χ3n) is 5.26. The zero-order chi connectivity index (χ0) is 21.8. The molecular weight excluding hydrogens is 507 g/mol. The van der Waals surface area contributed by atoms with Crippen LogP contribution in [0.2, 0.25) is 0 Å². The number of halogens is 1. The highest BCUT2D eigenvalue weighted by Crippen LogP contribution is 2.24. The van der Waals surface area contributed by atoms with Gasteiger partial charge in [0, 0.05) is 26.7 Å². The van der Waals surface area contributed by atoms with Crippen molar-refractivity contribution in [3.05, 3.63) is 0 Å². The Kier molecular flexibility index (Phi) is 10.2. The van der Waals surface area contributed by atoms with Crippen molar-refractivity contribution in [3.63, 3.8) is 0 Å². The SMILES string of the molecule is CCC(CC)(CNC(=NC)N1CCS(=O)(=O)C(C)(C)C1)NC(=O)OC(C)(C)C.I. The molecule has 1 aliphatic heterocycles. The maximum atomic E-state index is 12.3. The minimum atomic E-state index is -3.12. The number of sulfone groups is 1. The van der Waals surface area contributed by atoms with Crippen LogP contribution in [0.25, 0.3) is 0 Å². The van der Waals surface area contributed by atoms with Crippen LogP contribution in [0.5, 0.6) is 0 Å². The van der Waals surface area contributed by atoms with Gasteiger partial charge in [-0.25, -0.2) is 13.2 Å². The predicted octanol–water partition coefficient (Wildman–Crippen LogP) is 2.77. The second kappa shape index (κ2) is 10.5. The number of guanidine groups is 1. The summed E-state index contributed by atoms with van der Waals surface area (Å²) in [4.78, 5) is 18.6. The number of nitrogens with zero attached hydrogens (tertiary/aromatic N) is 2. The lowest BCUT2D eigenvalue weighted by atomic mass is 9.93.